The number of carbonyl (C=O) groups excluding carboxylic acids is 1. The number of amides is 1. The largest absolute Gasteiger partial charge is 0.480 e. The van der Waals surface area contributed by atoms with E-state index in [0.29, 0.717) is 5.69 Å². The van der Waals surface area contributed by atoms with Gasteiger partial charge in [-0.1, -0.05) is 6.07 Å². The first kappa shape index (κ1) is 12.1. The Kier molecular flexibility index (Phi) is 3.27. The Balaban J connectivity index is 2.05. The molecule has 94 valence electrons. The fourth-order valence-electron chi connectivity index (χ4n) is 1.59. The first-order valence-electron chi connectivity index (χ1n) is 5.51. The molecule has 2 aromatic heterocycles. The van der Waals surface area contributed by atoms with Gasteiger partial charge in [-0.3, -0.25) is 9.59 Å². The van der Waals surface area contributed by atoms with Gasteiger partial charge in [-0.2, -0.15) is 0 Å². The van der Waals surface area contributed by atoms with Crippen LogP contribution in [0.5, 0.6) is 0 Å². The lowest BCUT2D eigenvalue weighted by Gasteiger charge is -2.07. The van der Waals surface area contributed by atoms with Crippen LogP contribution >= 0.6 is 0 Å². The summed E-state index contributed by atoms with van der Waals surface area (Å²) >= 11 is 0. The van der Waals surface area contributed by atoms with E-state index in [4.69, 9.17) is 5.11 Å². The van der Waals surface area contributed by atoms with Crippen LogP contribution in [0.3, 0.4) is 0 Å². The third-order valence-corrected chi connectivity index (χ3v) is 2.50. The molecule has 0 fully saturated rings. The van der Waals surface area contributed by atoms with E-state index in [0.717, 1.165) is 5.65 Å². The van der Waals surface area contributed by atoms with E-state index in [1.54, 1.807) is 6.20 Å². The molecule has 2 N–H and O–H groups in total. The number of imidazole rings is 1. The van der Waals surface area contributed by atoms with E-state index in [1.165, 1.54) is 6.92 Å². The lowest BCUT2D eigenvalue weighted by molar-refractivity contribution is -0.141. The summed E-state index contributed by atoms with van der Waals surface area (Å²) in [6, 6.07) is 4.67. The molecule has 0 saturated carbocycles. The van der Waals surface area contributed by atoms with Gasteiger partial charge in [0.25, 0.3) is 0 Å². The monoisotopic (exact) mass is 247 g/mol. The van der Waals surface area contributed by atoms with Crippen LogP contribution in [0, 0.1) is 0 Å². The maximum Gasteiger partial charge on any atom is 0.325 e. The van der Waals surface area contributed by atoms with Crippen molar-refractivity contribution in [3.63, 3.8) is 0 Å². The van der Waals surface area contributed by atoms with Crippen molar-refractivity contribution < 1.29 is 14.7 Å². The van der Waals surface area contributed by atoms with Gasteiger partial charge in [0.05, 0.1) is 12.1 Å². The van der Waals surface area contributed by atoms with Crippen molar-refractivity contribution in [2.75, 3.05) is 0 Å². The molecule has 0 aliphatic heterocycles. The van der Waals surface area contributed by atoms with Gasteiger partial charge in [0.1, 0.15) is 11.7 Å². The van der Waals surface area contributed by atoms with Crippen molar-refractivity contribution in [1.29, 1.82) is 0 Å². The maximum absolute atomic E-state index is 11.6. The molecule has 2 heterocycles. The normalized spacial score (nSPS) is 12.3. The number of rotatable bonds is 4. The first-order chi connectivity index (χ1) is 8.56. The Labute approximate surface area is 103 Å². The van der Waals surface area contributed by atoms with Crippen LogP contribution in [-0.4, -0.2) is 32.4 Å². The summed E-state index contributed by atoms with van der Waals surface area (Å²) in [5, 5.41) is 11.1. The van der Waals surface area contributed by atoms with Crippen LogP contribution in [0.2, 0.25) is 0 Å². The van der Waals surface area contributed by atoms with Gasteiger partial charge in [-0.15, -0.1) is 0 Å². The fourth-order valence-corrected chi connectivity index (χ4v) is 1.59. The molecule has 6 nitrogen and oxygen atoms in total. The molecule has 0 aromatic carbocycles. The molecule has 0 aliphatic carbocycles. The number of carboxylic acid groups (broad SMARTS) is 1. The molecule has 2 aromatic rings. The van der Waals surface area contributed by atoms with Crippen LogP contribution in [0.4, 0.5) is 0 Å². The number of carboxylic acids is 1. The van der Waals surface area contributed by atoms with Crippen LogP contribution in [0.25, 0.3) is 5.65 Å². The van der Waals surface area contributed by atoms with Gasteiger partial charge in [0, 0.05) is 12.4 Å². The first-order valence-corrected chi connectivity index (χ1v) is 5.51. The minimum absolute atomic E-state index is 0.0688. The van der Waals surface area contributed by atoms with Crippen molar-refractivity contribution in [3.8, 4) is 0 Å². The topological polar surface area (TPSA) is 83.7 Å². The van der Waals surface area contributed by atoms with Gasteiger partial charge in [-0.05, 0) is 19.1 Å². The van der Waals surface area contributed by atoms with E-state index < -0.39 is 12.0 Å². The number of nitrogens with zero attached hydrogens (tertiary/aromatic N) is 2. The molecule has 1 unspecified atom stereocenters. The Morgan fingerprint density at radius 3 is 2.94 bits per heavy atom. The smallest absolute Gasteiger partial charge is 0.325 e. The van der Waals surface area contributed by atoms with Crippen molar-refractivity contribution in [3.05, 3.63) is 36.3 Å². The number of hydrogen-bond donors (Lipinski definition) is 2. The predicted molar refractivity (Wildman–Crippen MR) is 64.1 cm³/mol. The summed E-state index contributed by atoms with van der Waals surface area (Å²) in [5.74, 6) is -1.41. The molecule has 18 heavy (non-hydrogen) atoms. The van der Waals surface area contributed by atoms with Gasteiger partial charge in [-0.25, -0.2) is 4.98 Å². The Bertz CT molecular complexity index is 558. The number of fused-ring (bicyclic) bond motifs is 1. The molecular weight excluding hydrogens is 234 g/mol. The summed E-state index contributed by atoms with van der Waals surface area (Å²) in [7, 11) is 0. The highest BCUT2D eigenvalue weighted by Gasteiger charge is 2.15. The van der Waals surface area contributed by atoms with Gasteiger partial charge in [0.2, 0.25) is 5.91 Å². The van der Waals surface area contributed by atoms with E-state index in [-0.39, 0.29) is 12.3 Å². The molecular formula is C12H13N3O3. The average Bonchev–Trinajstić information content (AvgIpc) is 2.70. The highest BCUT2D eigenvalue weighted by atomic mass is 16.4. The van der Waals surface area contributed by atoms with Crippen LogP contribution < -0.4 is 5.32 Å². The zero-order chi connectivity index (χ0) is 13.1. The number of aromatic nitrogens is 2. The van der Waals surface area contributed by atoms with Crippen molar-refractivity contribution in [2.45, 2.75) is 19.4 Å². The second kappa shape index (κ2) is 4.87. The van der Waals surface area contributed by atoms with E-state index >= 15 is 0 Å². The average molecular weight is 247 g/mol. The summed E-state index contributed by atoms with van der Waals surface area (Å²) in [4.78, 5) is 26.4. The summed E-state index contributed by atoms with van der Waals surface area (Å²) in [6.45, 7) is 1.42. The van der Waals surface area contributed by atoms with Gasteiger partial charge >= 0.3 is 5.97 Å². The molecule has 0 aliphatic rings. The lowest BCUT2D eigenvalue weighted by atomic mass is 10.3. The SMILES string of the molecule is CC(NC(=O)Cc1cn2ccccc2n1)C(=O)O. The summed E-state index contributed by atoms with van der Waals surface area (Å²) in [6.07, 6.45) is 3.66. The number of hydrogen-bond acceptors (Lipinski definition) is 3. The second-order valence-electron chi connectivity index (χ2n) is 4.00. The molecule has 1 amide bonds. The van der Waals surface area contributed by atoms with Crippen LogP contribution in [0.1, 0.15) is 12.6 Å². The summed E-state index contributed by atoms with van der Waals surface area (Å²) < 4.78 is 1.81. The van der Waals surface area contributed by atoms with E-state index in [1.807, 2.05) is 28.8 Å². The number of aliphatic carboxylic acids is 1. The minimum Gasteiger partial charge on any atom is -0.480 e. The van der Waals surface area contributed by atoms with Crippen LogP contribution in [0.15, 0.2) is 30.6 Å². The van der Waals surface area contributed by atoms with Gasteiger partial charge in [0.15, 0.2) is 0 Å². The van der Waals surface area contributed by atoms with E-state index in [2.05, 4.69) is 10.3 Å². The Hall–Kier alpha value is -2.37. The number of pyridine rings is 1. The Morgan fingerprint density at radius 1 is 1.50 bits per heavy atom. The van der Waals surface area contributed by atoms with Crippen molar-refractivity contribution >= 4 is 17.5 Å². The highest BCUT2D eigenvalue weighted by Crippen LogP contribution is 2.05. The molecule has 2 rings (SSSR count). The third kappa shape index (κ3) is 2.65. The van der Waals surface area contributed by atoms with Crippen molar-refractivity contribution in [2.24, 2.45) is 0 Å². The standard InChI is InChI=1S/C12H13N3O3/c1-8(12(17)18)13-11(16)6-9-7-15-5-3-2-4-10(15)14-9/h2-5,7-8H,6H2,1H3,(H,13,16)(H,17,18). The lowest BCUT2D eigenvalue weighted by Crippen LogP contribution is -2.39. The van der Waals surface area contributed by atoms with Gasteiger partial charge < -0.3 is 14.8 Å². The molecule has 6 heteroatoms. The predicted octanol–water partition coefficient (Wildman–Crippen LogP) is 0.466. The number of nitrogens with one attached hydrogen (secondary N) is 1. The maximum atomic E-state index is 11.6. The number of carbonyl (C=O) groups is 2. The Morgan fingerprint density at radius 2 is 2.28 bits per heavy atom. The molecule has 0 spiro atoms. The highest BCUT2D eigenvalue weighted by molar-refractivity contribution is 5.84. The quantitative estimate of drug-likeness (QED) is 0.822. The zero-order valence-electron chi connectivity index (χ0n) is 9.83. The van der Waals surface area contributed by atoms with Crippen LogP contribution in [-0.2, 0) is 16.0 Å². The fraction of sp³-hybridized carbons (Fsp3) is 0.250. The zero-order valence-corrected chi connectivity index (χ0v) is 9.83. The third-order valence-electron chi connectivity index (χ3n) is 2.50. The summed E-state index contributed by atoms with van der Waals surface area (Å²) in [5.41, 5.74) is 1.36. The van der Waals surface area contributed by atoms with Crippen molar-refractivity contribution in [1.82, 2.24) is 14.7 Å². The minimum atomic E-state index is -1.06. The molecule has 0 saturated heterocycles. The molecule has 0 radical (unpaired) electrons. The van der Waals surface area contributed by atoms with E-state index in [9.17, 15) is 9.59 Å². The molecule has 0 bridgehead atoms. The molecule has 1 atom stereocenters. The second-order valence-corrected chi connectivity index (χ2v) is 4.00.